The molecule has 3 heterocycles. The maximum atomic E-state index is 13.5. The largest absolute Gasteiger partial charge is 0.294 e. The van der Waals surface area contributed by atoms with Gasteiger partial charge in [-0.05, 0) is 11.1 Å². The van der Waals surface area contributed by atoms with Crippen LogP contribution in [0.25, 0.3) is 10.5 Å². The Bertz CT molecular complexity index is 1310. The van der Waals surface area contributed by atoms with Crippen molar-refractivity contribution in [2.75, 3.05) is 6.54 Å². The van der Waals surface area contributed by atoms with Crippen LogP contribution in [0.2, 0.25) is 0 Å². The van der Waals surface area contributed by atoms with Crippen LogP contribution < -0.4 is 5.56 Å². The van der Waals surface area contributed by atoms with Gasteiger partial charge in [0.05, 0.1) is 30.6 Å². The summed E-state index contributed by atoms with van der Waals surface area (Å²) in [6.45, 7) is 9.90. The first-order chi connectivity index (χ1) is 14.7. The summed E-state index contributed by atoms with van der Waals surface area (Å²) in [5, 5.41) is 4.51. The van der Waals surface area contributed by atoms with E-state index >= 15 is 0 Å². The van der Waals surface area contributed by atoms with Crippen molar-refractivity contribution in [2.45, 2.75) is 26.1 Å². The van der Waals surface area contributed by atoms with Crippen molar-refractivity contribution in [3.05, 3.63) is 111 Å². The Morgan fingerprint density at radius 3 is 2.67 bits per heavy atom. The highest BCUT2D eigenvalue weighted by Crippen LogP contribution is 2.21. The molecule has 0 saturated carbocycles. The molecule has 0 radical (unpaired) electrons. The van der Waals surface area contributed by atoms with Gasteiger partial charge in [-0.1, -0.05) is 54.6 Å². The molecule has 6 heteroatoms. The van der Waals surface area contributed by atoms with E-state index in [1.54, 1.807) is 6.20 Å². The lowest BCUT2D eigenvalue weighted by Crippen LogP contribution is -2.38. The van der Waals surface area contributed by atoms with Gasteiger partial charge >= 0.3 is 0 Å². The molecule has 0 unspecified atom stereocenters. The quantitative estimate of drug-likeness (QED) is 0.496. The number of hydrogen-bond donors (Lipinski definition) is 0. The van der Waals surface area contributed by atoms with Crippen molar-refractivity contribution >= 4 is 11.3 Å². The lowest BCUT2D eigenvalue weighted by Gasteiger charge is -2.29. The van der Waals surface area contributed by atoms with Crippen LogP contribution >= 0.6 is 0 Å². The second-order valence-corrected chi connectivity index (χ2v) is 7.65. The second kappa shape index (κ2) is 7.62. The fourth-order valence-electron chi connectivity index (χ4n) is 4.25. The molecule has 0 spiro atoms. The zero-order valence-corrected chi connectivity index (χ0v) is 16.5. The Labute approximate surface area is 174 Å². The molecule has 6 nitrogen and oxygen atoms in total. The SMILES string of the molecule is [C-]#[N+]c1cccc(CN2CCc3c(c(=O)n(Cc4ccccc4)c4ccnn34)C2)c1. The number of hydrogen-bond acceptors (Lipinski definition) is 3. The van der Waals surface area contributed by atoms with Crippen LogP contribution in [0.5, 0.6) is 0 Å². The van der Waals surface area contributed by atoms with Crippen molar-refractivity contribution < 1.29 is 0 Å². The number of benzene rings is 2. The van der Waals surface area contributed by atoms with E-state index in [1.807, 2.05) is 69.7 Å². The van der Waals surface area contributed by atoms with Crippen LogP contribution in [-0.4, -0.2) is 25.6 Å². The predicted octanol–water partition coefficient (Wildman–Crippen LogP) is 3.65. The maximum absolute atomic E-state index is 13.5. The summed E-state index contributed by atoms with van der Waals surface area (Å²) in [7, 11) is 0. The topological polar surface area (TPSA) is 46.9 Å². The molecule has 0 bridgehead atoms. The summed E-state index contributed by atoms with van der Waals surface area (Å²) < 4.78 is 3.75. The molecule has 2 aromatic heterocycles. The minimum atomic E-state index is 0.0569. The number of fused-ring (bicyclic) bond motifs is 3. The highest BCUT2D eigenvalue weighted by atomic mass is 16.1. The summed E-state index contributed by atoms with van der Waals surface area (Å²) in [6, 6.07) is 19.6. The summed E-state index contributed by atoms with van der Waals surface area (Å²) in [5.41, 5.74) is 5.55. The molecule has 0 atom stereocenters. The standard InChI is InChI=1S/C24H21N5O/c1-25-20-9-5-8-19(14-20)15-27-13-11-22-21(17-27)24(30)28(23-10-12-26-29(22)23)16-18-6-3-2-4-7-18/h2-10,12,14H,11,13,15-17H2. The van der Waals surface area contributed by atoms with Crippen molar-refractivity contribution in [1.29, 1.82) is 0 Å². The summed E-state index contributed by atoms with van der Waals surface area (Å²) in [6.07, 6.45) is 2.54. The molecule has 5 rings (SSSR count). The van der Waals surface area contributed by atoms with Gasteiger partial charge < -0.3 is 0 Å². The fraction of sp³-hybridized carbons (Fsp3) is 0.208. The van der Waals surface area contributed by atoms with Gasteiger partial charge in [0, 0.05) is 32.1 Å². The van der Waals surface area contributed by atoms with Gasteiger partial charge in [-0.15, -0.1) is 0 Å². The molecule has 0 amide bonds. The summed E-state index contributed by atoms with van der Waals surface area (Å²) in [4.78, 5) is 19.3. The fourth-order valence-corrected chi connectivity index (χ4v) is 4.25. The van der Waals surface area contributed by atoms with E-state index < -0.39 is 0 Å². The molecule has 1 aliphatic heterocycles. The highest BCUT2D eigenvalue weighted by Gasteiger charge is 2.24. The first-order valence-electron chi connectivity index (χ1n) is 10.0. The molecule has 1 aliphatic rings. The van der Waals surface area contributed by atoms with Crippen molar-refractivity contribution in [2.24, 2.45) is 0 Å². The maximum Gasteiger partial charge on any atom is 0.258 e. The van der Waals surface area contributed by atoms with Gasteiger partial charge in [0.2, 0.25) is 0 Å². The first kappa shape index (κ1) is 18.3. The third-order valence-corrected chi connectivity index (χ3v) is 5.68. The second-order valence-electron chi connectivity index (χ2n) is 7.65. The Morgan fingerprint density at radius 2 is 1.83 bits per heavy atom. The molecule has 148 valence electrons. The average molecular weight is 395 g/mol. The molecular weight excluding hydrogens is 374 g/mol. The number of aromatic nitrogens is 3. The highest BCUT2D eigenvalue weighted by molar-refractivity contribution is 5.47. The summed E-state index contributed by atoms with van der Waals surface area (Å²) in [5.74, 6) is 0. The van der Waals surface area contributed by atoms with Crippen LogP contribution in [0.15, 0.2) is 71.7 Å². The zero-order chi connectivity index (χ0) is 20.5. The van der Waals surface area contributed by atoms with Gasteiger partial charge in [0.15, 0.2) is 5.69 Å². The summed E-state index contributed by atoms with van der Waals surface area (Å²) >= 11 is 0. The predicted molar refractivity (Wildman–Crippen MR) is 116 cm³/mol. The smallest absolute Gasteiger partial charge is 0.258 e. The van der Waals surface area contributed by atoms with Gasteiger partial charge in [-0.25, -0.2) is 9.36 Å². The molecule has 0 saturated heterocycles. The van der Waals surface area contributed by atoms with Crippen LogP contribution in [-0.2, 0) is 26.1 Å². The lowest BCUT2D eigenvalue weighted by atomic mass is 10.1. The minimum absolute atomic E-state index is 0.0569. The van der Waals surface area contributed by atoms with Crippen LogP contribution in [0, 0.1) is 6.57 Å². The Balaban J connectivity index is 1.51. The van der Waals surface area contributed by atoms with E-state index in [2.05, 4.69) is 14.8 Å². The Hall–Kier alpha value is -3.69. The van der Waals surface area contributed by atoms with Crippen LogP contribution in [0.3, 0.4) is 0 Å². The van der Waals surface area contributed by atoms with Crippen LogP contribution in [0.4, 0.5) is 5.69 Å². The van der Waals surface area contributed by atoms with E-state index in [9.17, 15) is 4.79 Å². The van der Waals surface area contributed by atoms with Gasteiger partial charge in [0.1, 0.15) is 5.65 Å². The number of nitrogens with zero attached hydrogens (tertiary/aromatic N) is 5. The average Bonchev–Trinajstić information content (AvgIpc) is 3.27. The third kappa shape index (κ3) is 3.30. The molecule has 0 N–H and O–H groups in total. The Morgan fingerprint density at radius 1 is 1.00 bits per heavy atom. The van der Waals surface area contributed by atoms with Crippen molar-refractivity contribution in [1.82, 2.24) is 19.1 Å². The molecule has 2 aromatic carbocycles. The van der Waals surface area contributed by atoms with Gasteiger partial charge in [-0.2, -0.15) is 5.10 Å². The van der Waals surface area contributed by atoms with Gasteiger partial charge in [0.25, 0.3) is 5.56 Å². The lowest BCUT2D eigenvalue weighted by molar-refractivity contribution is 0.239. The van der Waals surface area contributed by atoms with Crippen LogP contribution in [0.1, 0.15) is 22.4 Å². The van der Waals surface area contributed by atoms with E-state index in [-0.39, 0.29) is 5.56 Å². The van der Waals surface area contributed by atoms with E-state index in [4.69, 9.17) is 6.57 Å². The van der Waals surface area contributed by atoms with E-state index in [1.165, 1.54) is 0 Å². The first-order valence-corrected chi connectivity index (χ1v) is 10.0. The molecular formula is C24H21N5O. The molecule has 0 aliphatic carbocycles. The zero-order valence-electron chi connectivity index (χ0n) is 16.5. The Kier molecular flexibility index (Phi) is 4.66. The van der Waals surface area contributed by atoms with E-state index in [0.29, 0.717) is 18.8 Å². The van der Waals surface area contributed by atoms with Crippen molar-refractivity contribution in [3.8, 4) is 0 Å². The molecule has 4 aromatic rings. The van der Waals surface area contributed by atoms with Crippen molar-refractivity contribution in [3.63, 3.8) is 0 Å². The normalized spacial score (nSPS) is 13.8. The molecule has 30 heavy (non-hydrogen) atoms. The monoisotopic (exact) mass is 395 g/mol. The molecule has 0 fully saturated rings. The third-order valence-electron chi connectivity index (χ3n) is 5.68. The van der Waals surface area contributed by atoms with Gasteiger partial charge in [-0.3, -0.25) is 14.3 Å². The number of rotatable bonds is 4. The minimum Gasteiger partial charge on any atom is -0.294 e. The van der Waals surface area contributed by atoms with E-state index in [0.717, 1.165) is 47.5 Å².